The van der Waals surface area contributed by atoms with E-state index in [0.717, 1.165) is 32.5 Å². The van der Waals surface area contributed by atoms with Crippen molar-refractivity contribution in [1.82, 2.24) is 10.2 Å². The largest absolute Gasteiger partial charge is 0.481 e. The van der Waals surface area contributed by atoms with Crippen LogP contribution in [0.3, 0.4) is 0 Å². The number of nitrogens with zero attached hydrogens (tertiary/aromatic N) is 1. The minimum Gasteiger partial charge on any atom is -0.481 e. The first kappa shape index (κ1) is 14.3. The van der Waals surface area contributed by atoms with Gasteiger partial charge >= 0.3 is 5.97 Å². The van der Waals surface area contributed by atoms with Crippen LogP contribution >= 0.6 is 0 Å². The van der Waals surface area contributed by atoms with Crippen molar-refractivity contribution < 1.29 is 14.7 Å². The van der Waals surface area contributed by atoms with E-state index in [2.05, 4.69) is 17.1 Å². The summed E-state index contributed by atoms with van der Waals surface area (Å²) in [5.41, 5.74) is 0. The fourth-order valence-corrected chi connectivity index (χ4v) is 3.31. The Hall–Kier alpha value is -1.10. The molecular formula is C14H24N2O3. The average Bonchev–Trinajstić information content (AvgIpc) is 3.04. The number of hydrogen-bond acceptors (Lipinski definition) is 3. The second kappa shape index (κ2) is 6.37. The van der Waals surface area contributed by atoms with Gasteiger partial charge in [-0.2, -0.15) is 0 Å². The quantitative estimate of drug-likeness (QED) is 0.779. The van der Waals surface area contributed by atoms with Crippen LogP contribution in [0, 0.1) is 17.8 Å². The van der Waals surface area contributed by atoms with Gasteiger partial charge in [0.25, 0.3) is 0 Å². The summed E-state index contributed by atoms with van der Waals surface area (Å²) in [7, 11) is 0. The van der Waals surface area contributed by atoms with Crippen molar-refractivity contribution in [3.05, 3.63) is 0 Å². The van der Waals surface area contributed by atoms with E-state index < -0.39 is 11.9 Å². The minimum absolute atomic E-state index is 0.0557. The minimum atomic E-state index is -0.823. The van der Waals surface area contributed by atoms with Crippen LogP contribution in [-0.2, 0) is 9.59 Å². The predicted octanol–water partition coefficient (Wildman–Crippen LogP) is 0.945. The lowest BCUT2D eigenvalue weighted by Crippen LogP contribution is -2.38. The number of carbonyl (C=O) groups excluding carboxylic acids is 1. The van der Waals surface area contributed by atoms with Gasteiger partial charge in [0.15, 0.2) is 0 Å². The van der Waals surface area contributed by atoms with Crippen molar-refractivity contribution in [2.24, 2.45) is 17.8 Å². The first-order chi connectivity index (χ1) is 9.11. The van der Waals surface area contributed by atoms with Crippen molar-refractivity contribution >= 4 is 11.9 Å². The molecule has 2 aliphatic rings. The summed E-state index contributed by atoms with van der Waals surface area (Å²) in [5, 5.41) is 12.1. The monoisotopic (exact) mass is 268 g/mol. The van der Waals surface area contributed by atoms with E-state index in [1.165, 1.54) is 0 Å². The molecule has 0 aromatic carbocycles. The third-order valence-corrected chi connectivity index (χ3v) is 4.55. The first-order valence-corrected chi connectivity index (χ1v) is 7.34. The molecule has 1 aliphatic carbocycles. The summed E-state index contributed by atoms with van der Waals surface area (Å²) >= 11 is 0. The highest BCUT2D eigenvalue weighted by Gasteiger charge is 2.37. The third kappa shape index (κ3) is 3.47. The van der Waals surface area contributed by atoms with Gasteiger partial charge < -0.3 is 15.3 Å². The van der Waals surface area contributed by atoms with Crippen molar-refractivity contribution in [2.45, 2.75) is 32.6 Å². The molecule has 0 aromatic rings. The molecule has 2 fully saturated rings. The highest BCUT2D eigenvalue weighted by molar-refractivity contribution is 5.85. The van der Waals surface area contributed by atoms with Gasteiger partial charge in [0.2, 0.25) is 5.91 Å². The highest BCUT2D eigenvalue weighted by atomic mass is 16.4. The number of carbonyl (C=O) groups is 2. The molecule has 1 saturated carbocycles. The van der Waals surface area contributed by atoms with Gasteiger partial charge in [0.1, 0.15) is 0 Å². The standard InChI is InChI=1S/C14H24N2O3/c1-2-16-7-6-10(9-16)8-15-13(17)11-4-3-5-12(11)14(18)19/h10-12H,2-9H2,1H3,(H,15,17)(H,18,19)/t10?,11-,12+/m1/s1. The number of hydrogen-bond donors (Lipinski definition) is 2. The molecule has 1 unspecified atom stereocenters. The summed E-state index contributed by atoms with van der Waals surface area (Å²) in [5.74, 6) is -1.15. The van der Waals surface area contributed by atoms with E-state index in [1.54, 1.807) is 0 Å². The summed E-state index contributed by atoms with van der Waals surface area (Å²) in [6.45, 7) is 6.06. The normalized spacial score (nSPS) is 31.5. The van der Waals surface area contributed by atoms with Crippen LogP contribution in [0.2, 0.25) is 0 Å². The lowest BCUT2D eigenvalue weighted by Gasteiger charge is -2.18. The lowest BCUT2D eigenvalue weighted by atomic mass is 9.95. The van der Waals surface area contributed by atoms with Gasteiger partial charge in [-0.25, -0.2) is 0 Å². The Bertz CT molecular complexity index is 346. The Kier molecular flexibility index (Phi) is 4.80. The Morgan fingerprint density at radius 1 is 1.26 bits per heavy atom. The van der Waals surface area contributed by atoms with Crippen molar-refractivity contribution in [1.29, 1.82) is 0 Å². The molecular weight excluding hydrogens is 244 g/mol. The molecule has 1 aliphatic heterocycles. The third-order valence-electron chi connectivity index (χ3n) is 4.55. The number of rotatable bonds is 5. The van der Waals surface area contributed by atoms with Crippen molar-refractivity contribution in [2.75, 3.05) is 26.2 Å². The van der Waals surface area contributed by atoms with Crippen LogP contribution in [0.4, 0.5) is 0 Å². The van der Waals surface area contributed by atoms with Crippen molar-refractivity contribution in [3.8, 4) is 0 Å². The molecule has 1 amide bonds. The fraction of sp³-hybridized carbons (Fsp3) is 0.857. The molecule has 0 aromatic heterocycles. The van der Waals surface area contributed by atoms with Crippen LogP contribution in [0.1, 0.15) is 32.6 Å². The van der Waals surface area contributed by atoms with Gasteiger partial charge in [-0.05, 0) is 38.3 Å². The molecule has 3 atom stereocenters. The van der Waals surface area contributed by atoms with Crippen LogP contribution < -0.4 is 5.32 Å². The maximum Gasteiger partial charge on any atom is 0.307 e. The smallest absolute Gasteiger partial charge is 0.307 e. The summed E-state index contributed by atoms with van der Waals surface area (Å²) < 4.78 is 0. The molecule has 5 nitrogen and oxygen atoms in total. The Labute approximate surface area is 114 Å². The predicted molar refractivity (Wildman–Crippen MR) is 71.7 cm³/mol. The number of carboxylic acids is 1. The number of aliphatic carboxylic acids is 1. The molecule has 0 spiro atoms. The molecule has 0 radical (unpaired) electrons. The zero-order chi connectivity index (χ0) is 13.8. The zero-order valence-electron chi connectivity index (χ0n) is 11.6. The van der Waals surface area contributed by atoms with Gasteiger partial charge in [-0.1, -0.05) is 13.3 Å². The van der Waals surface area contributed by atoms with Crippen LogP contribution in [0.15, 0.2) is 0 Å². The summed E-state index contributed by atoms with van der Waals surface area (Å²) in [4.78, 5) is 25.5. The molecule has 19 heavy (non-hydrogen) atoms. The number of amides is 1. The maximum absolute atomic E-state index is 12.1. The van der Waals surface area contributed by atoms with E-state index in [0.29, 0.717) is 25.3 Å². The number of carboxylic acid groups (broad SMARTS) is 1. The summed E-state index contributed by atoms with van der Waals surface area (Å²) in [6.07, 6.45) is 3.33. The lowest BCUT2D eigenvalue weighted by molar-refractivity contribution is -0.146. The van der Waals surface area contributed by atoms with E-state index >= 15 is 0 Å². The second-order valence-corrected chi connectivity index (χ2v) is 5.78. The van der Waals surface area contributed by atoms with Gasteiger partial charge in [-0.3, -0.25) is 9.59 Å². The maximum atomic E-state index is 12.1. The van der Waals surface area contributed by atoms with E-state index in [1.807, 2.05) is 0 Å². The van der Waals surface area contributed by atoms with E-state index in [4.69, 9.17) is 5.11 Å². The fourth-order valence-electron chi connectivity index (χ4n) is 3.31. The molecule has 5 heteroatoms. The first-order valence-electron chi connectivity index (χ1n) is 7.34. The van der Waals surface area contributed by atoms with Crippen molar-refractivity contribution in [3.63, 3.8) is 0 Å². The topological polar surface area (TPSA) is 69.6 Å². The second-order valence-electron chi connectivity index (χ2n) is 5.78. The molecule has 2 N–H and O–H groups in total. The van der Waals surface area contributed by atoms with Gasteiger partial charge in [0, 0.05) is 13.1 Å². The van der Waals surface area contributed by atoms with Crippen LogP contribution in [0.25, 0.3) is 0 Å². The van der Waals surface area contributed by atoms with E-state index in [-0.39, 0.29) is 11.8 Å². The average molecular weight is 268 g/mol. The summed E-state index contributed by atoms with van der Waals surface area (Å²) in [6, 6.07) is 0. The Balaban J connectivity index is 1.77. The van der Waals surface area contributed by atoms with Gasteiger partial charge in [-0.15, -0.1) is 0 Å². The molecule has 1 heterocycles. The van der Waals surface area contributed by atoms with Crippen LogP contribution in [0.5, 0.6) is 0 Å². The molecule has 1 saturated heterocycles. The SMILES string of the molecule is CCN1CCC(CNC(=O)[C@@H]2CCC[C@@H]2C(=O)O)C1. The highest BCUT2D eigenvalue weighted by Crippen LogP contribution is 2.32. The Morgan fingerprint density at radius 3 is 2.63 bits per heavy atom. The van der Waals surface area contributed by atoms with E-state index in [9.17, 15) is 9.59 Å². The number of likely N-dealkylation sites (tertiary alicyclic amines) is 1. The van der Waals surface area contributed by atoms with Crippen LogP contribution in [-0.4, -0.2) is 48.1 Å². The zero-order valence-corrected chi connectivity index (χ0v) is 11.6. The Morgan fingerprint density at radius 2 is 2.00 bits per heavy atom. The number of nitrogens with one attached hydrogen (secondary N) is 1. The molecule has 0 bridgehead atoms. The molecule has 108 valence electrons. The van der Waals surface area contributed by atoms with Gasteiger partial charge in [0.05, 0.1) is 11.8 Å². The molecule has 2 rings (SSSR count).